The molecule has 38 heavy (non-hydrogen) atoms. The van der Waals surface area contributed by atoms with Gasteiger partial charge in [-0.1, -0.05) is 24.3 Å². The van der Waals surface area contributed by atoms with Gasteiger partial charge in [-0.2, -0.15) is 18.3 Å². The monoisotopic (exact) mass is 524 g/mol. The predicted octanol–water partition coefficient (Wildman–Crippen LogP) is 5.24. The highest BCUT2D eigenvalue weighted by molar-refractivity contribution is 5.92. The molecule has 2 aliphatic heterocycles. The summed E-state index contributed by atoms with van der Waals surface area (Å²) in [5, 5.41) is 7.32. The van der Waals surface area contributed by atoms with Crippen LogP contribution >= 0.6 is 0 Å². The molecule has 3 aromatic rings. The molecule has 0 bridgehead atoms. The SMILES string of the molecule is Cc1ccc(NC(=O)Cc2cccc(C(F)(F)F)c2)cc1-n1cc(C2C=NC=CC2OC2CCOC2)cn1. The Balaban J connectivity index is 1.29. The van der Waals surface area contributed by atoms with Gasteiger partial charge < -0.3 is 14.8 Å². The first-order valence-electron chi connectivity index (χ1n) is 12.3. The third-order valence-corrected chi connectivity index (χ3v) is 6.55. The highest BCUT2D eigenvalue weighted by Crippen LogP contribution is 2.30. The largest absolute Gasteiger partial charge is 0.416 e. The number of carbonyl (C=O) groups is 1. The first kappa shape index (κ1) is 25.9. The van der Waals surface area contributed by atoms with Crippen LogP contribution in [0.3, 0.4) is 0 Å². The molecule has 1 saturated heterocycles. The van der Waals surface area contributed by atoms with Crippen molar-refractivity contribution < 1.29 is 27.4 Å². The Bertz CT molecular complexity index is 1360. The fourth-order valence-electron chi connectivity index (χ4n) is 4.55. The molecule has 0 spiro atoms. The summed E-state index contributed by atoms with van der Waals surface area (Å²) in [6, 6.07) is 10.2. The van der Waals surface area contributed by atoms with E-state index in [0.717, 1.165) is 35.4 Å². The van der Waals surface area contributed by atoms with E-state index in [4.69, 9.17) is 9.47 Å². The number of benzene rings is 2. The molecule has 0 radical (unpaired) electrons. The van der Waals surface area contributed by atoms with Crippen molar-refractivity contribution in [1.29, 1.82) is 0 Å². The first-order chi connectivity index (χ1) is 18.3. The fourth-order valence-corrected chi connectivity index (χ4v) is 4.55. The lowest BCUT2D eigenvalue weighted by Crippen LogP contribution is -2.28. The standard InChI is InChI=1S/C28H27F3N4O3/c1-18-5-6-22(34-27(36)12-19-3-2-4-21(11-19)28(29,30)31)13-25(18)35-16-20(14-33-35)24-15-32-9-7-26(24)38-23-8-10-37-17-23/h2-7,9,11,13-16,23-24,26H,8,10,12,17H2,1H3,(H,34,36). The minimum absolute atomic E-state index is 0.0483. The van der Waals surface area contributed by atoms with Crippen molar-refractivity contribution >= 4 is 17.8 Å². The lowest BCUT2D eigenvalue weighted by atomic mass is 9.95. The lowest BCUT2D eigenvalue weighted by molar-refractivity contribution is -0.137. The maximum absolute atomic E-state index is 13.0. The molecule has 10 heteroatoms. The molecule has 0 saturated carbocycles. The van der Waals surface area contributed by atoms with Crippen molar-refractivity contribution in [1.82, 2.24) is 9.78 Å². The van der Waals surface area contributed by atoms with Crippen molar-refractivity contribution in [3.05, 3.63) is 89.4 Å². The number of halogens is 3. The molecule has 1 amide bonds. The van der Waals surface area contributed by atoms with Gasteiger partial charge in [0.2, 0.25) is 5.91 Å². The van der Waals surface area contributed by atoms with Gasteiger partial charge in [0, 0.05) is 36.5 Å². The van der Waals surface area contributed by atoms with E-state index in [9.17, 15) is 18.0 Å². The smallest absolute Gasteiger partial charge is 0.379 e. The molecule has 1 aromatic heterocycles. The van der Waals surface area contributed by atoms with Crippen LogP contribution in [-0.4, -0.2) is 47.3 Å². The molecule has 2 aromatic carbocycles. The highest BCUT2D eigenvalue weighted by Gasteiger charge is 2.31. The summed E-state index contributed by atoms with van der Waals surface area (Å²) >= 11 is 0. The van der Waals surface area contributed by atoms with E-state index in [1.165, 1.54) is 12.1 Å². The minimum atomic E-state index is -4.46. The second kappa shape index (κ2) is 10.9. The number of hydrogen-bond acceptors (Lipinski definition) is 5. The summed E-state index contributed by atoms with van der Waals surface area (Å²) in [5.74, 6) is -0.522. The Morgan fingerprint density at radius 1 is 1.24 bits per heavy atom. The van der Waals surface area contributed by atoms with Crippen molar-refractivity contribution in [3.8, 4) is 5.69 Å². The van der Waals surface area contributed by atoms with Crippen LogP contribution in [0, 0.1) is 6.92 Å². The number of aryl methyl sites for hydroxylation is 1. The van der Waals surface area contributed by atoms with Gasteiger partial charge in [-0.3, -0.25) is 9.79 Å². The van der Waals surface area contributed by atoms with E-state index in [2.05, 4.69) is 15.4 Å². The van der Waals surface area contributed by atoms with Crippen LogP contribution < -0.4 is 5.32 Å². The molecular formula is C28H27F3N4O3. The molecule has 1 fully saturated rings. The molecule has 0 aliphatic carbocycles. The number of ether oxygens (including phenoxy) is 2. The number of aromatic nitrogens is 2. The van der Waals surface area contributed by atoms with Crippen LogP contribution in [0.5, 0.6) is 0 Å². The van der Waals surface area contributed by atoms with E-state index >= 15 is 0 Å². The van der Waals surface area contributed by atoms with Gasteiger partial charge in [-0.05, 0) is 48.7 Å². The average Bonchev–Trinajstić information content (AvgIpc) is 3.58. The fraction of sp³-hybridized carbons (Fsp3) is 0.321. The lowest BCUT2D eigenvalue weighted by Gasteiger charge is -2.25. The number of amides is 1. The number of aliphatic imine (C=N–C) groups is 1. The highest BCUT2D eigenvalue weighted by atomic mass is 19.4. The van der Waals surface area contributed by atoms with Crippen LogP contribution in [0.25, 0.3) is 5.69 Å². The van der Waals surface area contributed by atoms with Gasteiger partial charge in [0.15, 0.2) is 0 Å². The maximum atomic E-state index is 13.0. The molecule has 1 N–H and O–H groups in total. The Labute approximate surface area is 218 Å². The first-order valence-corrected chi connectivity index (χ1v) is 12.3. The van der Waals surface area contributed by atoms with Crippen molar-refractivity contribution in [2.45, 2.75) is 44.1 Å². The molecule has 3 unspecified atom stereocenters. The second-order valence-corrected chi connectivity index (χ2v) is 9.39. The van der Waals surface area contributed by atoms with Crippen LogP contribution in [0.4, 0.5) is 18.9 Å². The Hall–Kier alpha value is -3.76. The summed E-state index contributed by atoms with van der Waals surface area (Å²) in [7, 11) is 0. The van der Waals surface area contributed by atoms with Crippen LogP contribution in [-0.2, 0) is 26.9 Å². The molecule has 198 valence electrons. The normalized spacial score (nSPS) is 21.1. The summed E-state index contributed by atoms with van der Waals surface area (Å²) < 4.78 is 52.4. The van der Waals surface area contributed by atoms with Crippen LogP contribution in [0.1, 0.15) is 34.6 Å². The summed E-state index contributed by atoms with van der Waals surface area (Å²) in [5.41, 5.74) is 2.65. The van der Waals surface area contributed by atoms with Crippen LogP contribution in [0.2, 0.25) is 0 Å². The minimum Gasteiger partial charge on any atom is -0.379 e. The van der Waals surface area contributed by atoms with Gasteiger partial charge in [-0.25, -0.2) is 4.68 Å². The van der Waals surface area contributed by atoms with E-state index in [1.807, 2.05) is 31.5 Å². The van der Waals surface area contributed by atoms with Gasteiger partial charge in [-0.15, -0.1) is 0 Å². The van der Waals surface area contributed by atoms with Crippen molar-refractivity contribution in [2.24, 2.45) is 4.99 Å². The van der Waals surface area contributed by atoms with Crippen molar-refractivity contribution in [3.63, 3.8) is 0 Å². The van der Waals surface area contributed by atoms with Gasteiger partial charge in [0.25, 0.3) is 0 Å². The third-order valence-electron chi connectivity index (χ3n) is 6.55. The number of alkyl halides is 3. The van der Waals surface area contributed by atoms with E-state index < -0.39 is 17.6 Å². The molecule has 2 aliphatic rings. The number of nitrogens with zero attached hydrogens (tertiary/aromatic N) is 3. The zero-order chi connectivity index (χ0) is 26.7. The van der Waals surface area contributed by atoms with Crippen LogP contribution in [0.15, 0.2) is 72.1 Å². The molecule has 5 rings (SSSR count). The van der Waals surface area contributed by atoms with Gasteiger partial charge in [0.05, 0.1) is 48.6 Å². The molecule has 7 nitrogen and oxygen atoms in total. The topological polar surface area (TPSA) is 77.7 Å². The van der Waals surface area contributed by atoms with Gasteiger partial charge in [0.1, 0.15) is 0 Å². The number of carbonyl (C=O) groups excluding carboxylic acids is 1. The summed E-state index contributed by atoms with van der Waals surface area (Å²) in [6.07, 6.45) is 5.29. The summed E-state index contributed by atoms with van der Waals surface area (Å²) in [4.78, 5) is 16.9. The molecule has 3 atom stereocenters. The van der Waals surface area contributed by atoms with Crippen molar-refractivity contribution in [2.75, 3.05) is 18.5 Å². The number of rotatable bonds is 7. The van der Waals surface area contributed by atoms with E-state index in [-0.39, 0.29) is 30.1 Å². The molecular weight excluding hydrogens is 497 g/mol. The zero-order valence-corrected chi connectivity index (χ0v) is 20.7. The third kappa shape index (κ3) is 6.03. The maximum Gasteiger partial charge on any atom is 0.416 e. The average molecular weight is 525 g/mol. The van der Waals surface area contributed by atoms with Gasteiger partial charge >= 0.3 is 6.18 Å². The Morgan fingerprint density at radius 2 is 2.11 bits per heavy atom. The van der Waals surface area contributed by atoms with E-state index in [0.29, 0.717) is 18.9 Å². The zero-order valence-electron chi connectivity index (χ0n) is 20.7. The Kier molecular flexibility index (Phi) is 7.44. The quantitative estimate of drug-likeness (QED) is 0.459. The van der Waals surface area contributed by atoms with E-state index in [1.54, 1.807) is 29.2 Å². The Morgan fingerprint density at radius 3 is 2.89 bits per heavy atom. The molecule has 3 heterocycles. The number of nitrogens with one attached hydrogen (secondary N) is 1. The number of anilines is 1. The second-order valence-electron chi connectivity index (χ2n) is 9.39. The summed E-state index contributed by atoms with van der Waals surface area (Å²) in [6.45, 7) is 3.21. The predicted molar refractivity (Wildman–Crippen MR) is 137 cm³/mol. The number of hydrogen-bond donors (Lipinski definition) is 1.